The molecule has 0 radical (unpaired) electrons. The number of carbonyl (C=O) groups excluding carboxylic acids is 2. The van der Waals surface area contributed by atoms with E-state index in [4.69, 9.17) is 0 Å². The molecule has 3 aromatic carbocycles. The molecule has 1 fully saturated rings. The van der Waals surface area contributed by atoms with E-state index < -0.39 is 6.04 Å². The summed E-state index contributed by atoms with van der Waals surface area (Å²) in [5.74, 6) is -0.0814. The first-order valence-corrected chi connectivity index (χ1v) is 12.7. The summed E-state index contributed by atoms with van der Waals surface area (Å²) in [6.07, 6.45) is 5.08. The lowest BCUT2D eigenvalue weighted by Crippen LogP contribution is -2.52. The van der Waals surface area contributed by atoms with Crippen LogP contribution in [0.15, 0.2) is 78.9 Å². The predicted molar refractivity (Wildman–Crippen MR) is 141 cm³/mol. The molecule has 4 rings (SSSR count). The number of rotatable bonds is 9. The zero-order valence-electron chi connectivity index (χ0n) is 20.9. The number of hydrogen-bond acceptors (Lipinski definition) is 2. The summed E-state index contributed by atoms with van der Waals surface area (Å²) in [6, 6.07) is 25.9. The van der Waals surface area contributed by atoms with Crippen molar-refractivity contribution >= 4 is 11.8 Å². The Labute approximate surface area is 209 Å². The average Bonchev–Trinajstić information content (AvgIpc) is 3.37. The van der Waals surface area contributed by atoms with Gasteiger partial charge in [-0.2, -0.15) is 0 Å². The Balaban J connectivity index is 1.64. The molecule has 0 bridgehead atoms. The first-order chi connectivity index (χ1) is 17.0. The largest absolute Gasteiger partial charge is 0.352 e. The van der Waals surface area contributed by atoms with Gasteiger partial charge in [0.1, 0.15) is 6.04 Å². The molecule has 0 aliphatic heterocycles. The van der Waals surface area contributed by atoms with Crippen LogP contribution in [-0.2, 0) is 29.0 Å². The molecule has 4 nitrogen and oxygen atoms in total. The van der Waals surface area contributed by atoms with Crippen LogP contribution in [0.3, 0.4) is 0 Å². The van der Waals surface area contributed by atoms with E-state index in [1.807, 2.05) is 61.5 Å². The number of nitrogens with one attached hydrogen (secondary N) is 1. The number of carbonyl (C=O) groups is 2. The quantitative estimate of drug-likeness (QED) is 0.448. The summed E-state index contributed by atoms with van der Waals surface area (Å²) < 4.78 is 0. The maximum Gasteiger partial charge on any atom is 0.243 e. The summed E-state index contributed by atoms with van der Waals surface area (Å²) in [5.41, 5.74) is 5.38. The van der Waals surface area contributed by atoms with Crippen LogP contribution in [0.1, 0.15) is 53.5 Å². The van der Waals surface area contributed by atoms with Crippen LogP contribution in [0, 0.1) is 13.8 Å². The summed E-state index contributed by atoms with van der Waals surface area (Å²) in [5, 5.41) is 3.27. The van der Waals surface area contributed by atoms with Gasteiger partial charge in [0.05, 0.1) is 6.42 Å². The lowest BCUT2D eigenvalue weighted by Gasteiger charge is -2.32. The van der Waals surface area contributed by atoms with E-state index in [1.165, 1.54) is 5.56 Å². The van der Waals surface area contributed by atoms with Crippen molar-refractivity contribution in [3.63, 3.8) is 0 Å². The van der Waals surface area contributed by atoms with Crippen LogP contribution in [0.2, 0.25) is 0 Å². The van der Waals surface area contributed by atoms with Crippen molar-refractivity contribution in [3.05, 3.63) is 107 Å². The lowest BCUT2D eigenvalue weighted by molar-refractivity contribution is -0.141. The number of nitrogens with zero attached hydrogens (tertiary/aromatic N) is 1. The molecule has 4 heteroatoms. The summed E-state index contributed by atoms with van der Waals surface area (Å²) in [7, 11) is 0. The monoisotopic (exact) mass is 468 g/mol. The van der Waals surface area contributed by atoms with Gasteiger partial charge >= 0.3 is 0 Å². The normalized spacial score (nSPS) is 14.5. The van der Waals surface area contributed by atoms with Gasteiger partial charge in [-0.25, -0.2) is 0 Å². The van der Waals surface area contributed by atoms with E-state index in [0.29, 0.717) is 13.0 Å². The van der Waals surface area contributed by atoms with Gasteiger partial charge < -0.3 is 10.2 Å². The first-order valence-electron chi connectivity index (χ1n) is 12.7. The van der Waals surface area contributed by atoms with Crippen LogP contribution in [0.4, 0.5) is 0 Å². The van der Waals surface area contributed by atoms with E-state index in [1.54, 1.807) is 4.90 Å². The molecule has 1 saturated carbocycles. The third-order valence-corrected chi connectivity index (χ3v) is 6.92. The van der Waals surface area contributed by atoms with Crippen LogP contribution in [0.25, 0.3) is 0 Å². The molecule has 2 amide bonds. The topological polar surface area (TPSA) is 49.4 Å². The van der Waals surface area contributed by atoms with E-state index in [-0.39, 0.29) is 24.3 Å². The highest BCUT2D eigenvalue weighted by Crippen LogP contribution is 2.21. The SMILES string of the molecule is Cc1ccc(CC(=O)N(Cc2ccc(C)cc2)[C@H](Cc2ccccc2)C(=O)NC2CCCC2)cc1. The van der Waals surface area contributed by atoms with Crippen molar-refractivity contribution in [3.8, 4) is 0 Å². The van der Waals surface area contributed by atoms with Crippen molar-refractivity contribution in [1.82, 2.24) is 10.2 Å². The zero-order valence-corrected chi connectivity index (χ0v) is 20.9. The minimum atomic E-state index is -0.572. The Morgan fingerprint density at radius 1 is 0.800 bits per heavy atom. The lowest BCUT2D eigenvalue weighted by atomic mass is 10.0. The van der Waals surface area contributed by atoms with Crippen LogP contribution in [-0.4, -0.2) is 28.8 Å². The van der Waals surface area contributed by atoms with Gasteiger partial charge in [-0.1, -0.05) is 103 Å². The molecule has 0 aromatic heterocycles. The molecule has 3 aromatic rings. The number of amides is 2. The van der Waals surface area contributed by atoms with Crippen LogP contribution < -0.4 is 5.32 Å². The number of benzene rings is 3. The zero-order chi connectivity index (χ0) is 24.6. The molecule has 1 N–H and O–H groups in total. The molecular formula is C31H36N2O2. The maximum absolute atomic E-state index is 13.8. The fourth-order valence-electron chi connectivity index (χ4n) is 4.79. The number of hydrogen-bond donors (Lipinski definition) is 1. The van der Waals surface area contributed by atoms with Gasteiger partial charge in [-0.05, 0) is 43.4 Å². The molecule has 1 aliphatic carbocycles. The van der Waals surface area contributed by atoms with Gasteiger partial charge in [0.15, 0.2) is 0 Å². The molecule has 1 aliphatic rings. The first kappa shape index (κ1) is 24.7. The van der Waals surface area contributed by atoms with Gasteiger partial charge in [0, 0.05) is 19.0 Å². The van der Waals surface area contributed by atoms with E-state index in [0.717, 1.165) is 47.9 Å². The standard InChI is InChI=1S/C31H36N2O2/c1-23-12-16-26(17-13-23)21-30(34)33(22-27-18-14-24(2)15-19-27)29(20-25-8-4-3-5-9-25)31(35)32-28-10-6-7-11-28/h3-5,8-9,12-19,28-29H,6-7,10-11,20-22H2,1-2H3,(H,32,35)/t29-/m1/s1. The van der Waals surface area contributed by atoms with Gasteiger partial charge in [0.25, 0.3) is 0 Å². The molecule has 0 spiro atoms. The Kier molecular flexibility index (Phi) is 8.36. The van der Waals surface area contributed by atoms with Crippen molar-refractivity contribution in [2.45, 2.75) is 71.0 Å². The highest BCUT2D eigenvalue weighted by Gasteiger charge is 2.32. The van der Waals surface area contributed by atoms with E-state index in [2.05, 4.69) is 36.5 Å². The molecule has 1 atom stereocenters. The Bertz CT molecular complexity index is 1100. The van der Waals surface area contributed by atoms with Crippen LogP contribution in [0.5, 0.6) is 0 Å². The second-order valence-electron chi connectivity index (χ2n) is 9.87. The fraction of sp³-hybridized carbons (Fsp3) is 0.355. The van der Waals surface area contributed by atoms with Crippen molar-refractivity contribution in [2.75, 3.05) is 0 Å². The van der Waals surface area contributed by atoms with Crippen molar-refractivity contribution in [1.29, 1.82) is 0 Å². The smallest absolute Gasteiger partial charge is 0.243 e. The minimum Gasteiger partial charge on any atom is -0.352 e. The Hall–Kier alpha value is -3.40. The van der Waals surface area contributed by atoms with E-state index in [9.17, 15) is 9.59 Å². The second-order valence-corrected chi connectivity index (χ2v) is 9.87. The molecule has 0 unspecified atom stereocenters. The molecule has 0 saturated heterocycles. The second kappa shape index (κ2) is 11.8. The van der Waals surface area contributed by atoms with Crippen molar-refractivity contribution < 1.29 is 9.59 Å². The third kappa shape index (κ3) is 7.05. The number of aryl methyl sites for hydroxylation is 2. The molecule has 35 heavy (non-hydrogen) atoms. The minimum absolute atomic E-state index is 0.0306. The van der Waals surface area contributed by atoms with Gasteiger partial charge in [0.2, 0.25) is 11.8 Å². The fourth-order valence-corrected chi connectivity index (χ4v) is 4.79. The highest BCUT2D eigenvalue weighted by molar-refractivity contribution is 5.89. The maximum atomic E-state index is 13.8. The molecule has 0 heterocycles. The van der Waals surface area contributed by atoms with Crippen LogP contribution >= 0.6 is 0 Å². The van der Waals surface area contributed by atoms with Gasteiger partial charge in [-0.15, -0.1) is 0 Å². The Morgan fingerprint density at radius 3 is 1.97 bits per heavy atom. The predicted octanol–water partition coefficient (Wildman–Crippen LogP) is 5.54. The molecular weight excluding hydrogens is 432 g/mol. The average molecular weight is 469 g/mol. The highest BCUT2D eigenvalue weighted by atomic mass is 16.2. The van der Waals surface area contributed by atoms with Gasteiger partial charge in [-0.3, -0.25) is 9.59 Å². The van der Waals surface area contributed by atoms with Crippen molar-refractivity contribution in [2.24, 2.45) is 0 Å². The molecule has 182 valence electrons. The van der Waals surface area contributed by atoms with E-state index >= 15 is 0 Å². The summed E-state index contributed by atoms with van der Waals surface area (Å²) in [6.45, 7) is 4.50. The summed E-state index contributed by atoms with van der Waals surface area (Å²) >= 11 is 0. The Morgan fingerprint density at radius 2 is 1.37 bits per heavy atom. The summed E-state index contributed by atoms with van der Waals surface area (Å²) in [4.78, 5) is 29.3. The third-order valence-electron chi connectivity index (χ3n) is 6.92.